The van der Waals surface area contributed by atoms with Crippen molar-refractivity contribution in [2.24, 2.45) is 0 Å². The van der Waals surface area contributed by atoms with Gasteiger partial charge in [-0.25, -0.2) is 0 Å². The number of ether oxygens (including phenoxy) is 1. The third-order valence-electron chi connectivity index (χ3n) is 5.33. The summed E-state index contributed by atoms with van der Waals surface area (Å²) in [4.78, 5) is 16.2. The van der Waals surface area contributed by atoms with Crippen molar-refractivity contribution in [3.05, 3.63) is 34.4 Å². The van der Waals surface area contributed by atoms with Crippen molar-refractivity contribution in [3.8, 4) is 0 Å². The minimum absolute atomic E-state index is 0.0249. The molecule has 1 aromatic rings. The molecule has 4 nitrogen and oxygen atoms in total. The normalized spacial score (nSPS) is 21.2. The molecule has 0 aliphatic carbocycles. The van der Waals surface area contributed by atoms with Gasteiger partial charge in [-0.3, -0.25) is 9.69 Å². The second kappa shape index (κ2) is 7.80. The summed E-state index contributed by atoms with van der Waals surface area (Å²) >= 11 is 0. The minimum atomic E-state index is -4.47. The second-order valence-electron chi connectivity index (χ2n) is 7.65. The monoisotopic (exact) mass is 384 g/mol. The van der Waals surface area contributed by atoms with Crippen molar-refractivity contribution in [1.82, 2.24) is 9.80 Å². The number of hydrogen-bond acceptors (Lipinski definition) is 3. The van der Waals surface area contributed by atoms with E-state index in [1.54, 1.807) is 6.07 Å². The number of carbonyl (C=O) groups is 1. The number of carbonyl (C=O) groups excluding carboxylic acids is 1. The Balaban J connectivity index is 1.89. The predicted molar refractivity (Wildman–Crippen MR) is 96.4 cm³/mol. The molecule has 0 N–H and O–H groups in total. The fraction of sp³-hybridized carbons (Fsp3) is 0.650. The SMILES string of the molecule is CCOC1CCCN(Cc2cc3c(c(C(F)(F)F)c2)CN(C(C)C)C3=O)C1. The third kappa shape index (κ3) is 4.29. The number of alkyl halides is 3. The number of nitrogens with zero attached hydrogens (tertiary/aromatic N) is 2. The van der Waals surface area contributed by atoms with E-state index in [4.69, 9.17) is 4.74 Å². The van der Waals surface area contributed by atoms with Crippen molar-refractivity contribution in [1.29, 1.82) is 0 Å². The van der Waals surface area contributed by atoms with Crippen molar-refractivity contribution in [3.63, 3.8) is 0 Å². The van der Waals surface area contributed by atoms with Gasteiger partial charge in [0, 0.05) is 37.8 Å². The quantitative estimate of drug-likeness (QED) is 0.767. The average Bonchev–Trinajstić information content (AvgIpc) is 2.91. The van der Waals surface area contributed by atoms with Gasteiger partial charge in [-0.05, 0) is 63.4 Å². The lowest BCUT2D eigenvalue weighted by Crippen LogP contribution is -2.39. The molecule has 0 bridgehead atoms. The van der Waals surface area contributed by atoms with E-state index in [1.165, 1.54) is 11.0 Å². The van der Waals surface area contributed by atoms with Crippen LogP contribution in [0.5, 0.6) is 0 Å². The van der Waals surface area contributed by atoms with E-state index in [2.05, 4.69) is 4.90 Å². The van der Waals surface area contributed by atoms with Gasteiger partial charge in [0.1, 0.15) is 0 Å². The standard InChI is InChI=1S/C20H27F3N2O2/c1-4-27-15-6-5-7-24(11-15)10-14-8-16-17(18(9-14)20(21,22)23)12-25(13(2)3)19(16)26/h8-9,13,15H,4-7,10-12H2,1-3H3. The number of likely N-dealkylation sites (tertiary alicyclic amines) is 1. The molecule has 27 heavy (non-hydrogen) atoms. The van der Waals surface area contributed by atoms with Crippen LogP contribution in [0.3, 0.4) is 0 Å². The number of rotatable bonds is 5. The number of fused-ring (bicyclic) bond motifs is 1. The lowest BCUT2D eigenvalue weighted by molar-refractivity contribution is -0.138. The van der Waals surface area contributed by atoms with Gasteiger partial charge in [0.25, 0.3) is 5.91 Å². The summed E-state index contributed by atoms with van der Waals surface area (Å²) in [6.45, 7) is 8.17. The lowest BCUT2D eigenvalue weighted by Gasteiger charge is -2.32. The van der Waals surface area contributed by atoms with Crippen LogP contribution in [0.15, 0.2) is 12.1 Å². The lowest BCUT2D eigenvalue weighted by atomic mass is 9.98. The van der Waals surface area contributed by atoms with Gasteiger partial charge in [0.2, 0.25) is 0 Å². The smallest absolute Gasteiger partial charge is 0.377 e. The molecule has 1 aromatic carbocycles. The van der Waals surface area contributed by atoms with Crippen molar-refractivity contribution in [2.75, 3.05) is 19.7 Å². The third-order valence-corrected chi connectivity index (χ3v) is 5.33. The molecular weight excluding hydrogens is 357 g/mol. The van der Waals surface area contributed by atoms with E-state index < -0.39 is 11.7 Å². The van der Waals surface area contributed by atoms with Crippen LogP contribution in [-0.4, -0.2) is 47.5 Å². The molecule has 0 spiro atoms. The maximum Gasteiger partial charge on any atom is 0.416 e. The van der Waals surface area contributed by atoms with Crippen LogP contribution < -0.4 is 0 Å². The number of piperidine rings is 1. The maximum absolute atomic E-state index is 13.7. The average molecular weight is 384 g/mol. The van der Waals surface area contributed by atoms with Gasteiger partial charge in [-0.15, -0.1) is 0 Å². The van der Waals surface area contributed by atoms with Crippen LogP contribution in [-0.2, 0) is 24.0 Å². The van der Waals surface area contributed by atoms with E-state index >= 15 is 0 Å². The first-order valence-electron chi connectivity index (χ1n) is 9.58. The second-order valence-corrected chi connectivity index (χ2v) is 7.65. The van der Waals surface area contributed by atoms with Crippen LogP contribution in [0.2, 0.25) is 0 Å². The molecule has 2 aliphatic rings. The minimum Gasteiger partial charge on any atom is -0.377 e. The number of amides is 1. The van der Waals surface area contributed by atoms with Crippen LogP contribution in [0.4, 0.5) is 13.2 Å². The first-order chi connectivity index (χ1) is 12.7. The van der Waals surface area contributed by atoms with Crippen molar-refractivity contribution >= 4 is 5.91 Å². The van der Waals surface area contributed by atoms with Crippen LogP contribution in [0.1, 0.15) is 60.7 Å². The van der Waals surface area contributed by atoms with E-state index in [1.807, 2.05) is 20.8 Å². The Labute approximate surface area is 158 Å². The Hall–Kier alpha value is -1.60. The molecule has 0 aromatic heterocycles. The van der Waals surface area contributed by atoms with Gasteiger partial charge >= 0.3 is 6.18 Å². The van der Waals surface area contributed by atoms with Gasteiger partial charge in [-0.1, -0.05) is 0 Å². The fourth-order valence-corrected chi connectivity index (χ4v) is 4.04. The van der Waals surface area contributed by atoms with Crippen molar-refractivity contribution < 1.29 is 22.7 Å². The number of hydrogen-bond donors (Lipinski definition) is 0. The van der Waals surface area contributed by atoms with Crippen LogP contribution in [0.25, 0.3) is 0 Å². The molecule has 1 atom stereocenters. The van der Waals surface area contributed by atoms with E-state index in [9.17, 15) is 18.0 Å². The molecule has 7 heteroatoms. The topological polar surface area (TPSA) is 32.8 Å². The molecule has 0 saturated carbocycles. The Kier molecular flexibility index (Phi) is 5.82. The van der Waals surface area contributed by atoms with Gasteiger partial charge in [-0.2, -0.15) is 13.2 Å². The van der Waals surface area contributed by atoms with Crippen LogP contribution >= 0.6 is 0 Å². The molecule has 2 aliphatic heterocycles. The summed E-state index contributed by atoms with van der Waals surface area (Å²) in [6, 6.07) is 2.74. The summed E-state index contributed by atoms with van der Waals surface area (Å²) < 4.78 is 46.6. The highest BCUT2D eigenvalue weighted by Gasteiger charge is 2.40. The summed E-state index contributed by atoms with van der Waals surface area (Å²) in [5, 5.41) is 0. The Morgan fingerprint density at radius 3 is 2.67 bits per heavy atom. The summed E-state index contributed by atoms with van der Waals surface area (Å²) in [6.07, 6.45) is -2.41. The van der Waals surface area contributed by atoms with E-state index in [-0.39, 0.29) is 35.7 Å². The molecule has 0 radical (unpaired) electrons. The van der Waals surface area contributed by atoms with Crippen LogP contribution in [0, 0.1) is 0 Å². The number of halogens is 3. The zero-order chi connectivity index (χ0) is 19.8. The van der Waals surface area contributed by atoms with Gasteiger partial charge in [0.15, 0.2) is 0 Å². The van der Waals surface area contributed by atoms with Gasteiger partial charge in [0.05, 0.1) is 11.7 Å². The maximum atomic E-state index is 13.7. The molecule has 1 unspecified atom stereocenters. The fourth-order valence-electron chi connectivity index (χ4n) is 4.04. The Morgan fingerprint density at radius 1 is 1.30 bits per heavy atom. The first-order valence-corrected chi connectivity index (χ1v) is 9.58. The predicted octanol–water partition coefficient (Wildman–Crippen LogP) is 4.07. The molecule has 2 heterocycles. The highest BCUT2D eigenvalue weighted by Crippen LogP contribution is 2.39. The summed E-state index contributed by atoms with van der Waals surface area (Å²) in [5.74, 6) is -0.307. The van der Waals surface area contributed by atoms with E-state index in [0.29, 0.717) is 25.3 Å². The Morgan fingerprint density at radius 2 is 2.04 bits per heavy atom. The highest BCUT2D eigenvalue weighted by atomic mass is 19.4. The molecule has 150 valence electrons. The zero-order valence-electron chi connectivity index (χ0n) is 16.1. The van der Waals surface area contributed by atoms with E-state index in [0.717, 1.165) is 19.4 Å². The largest absolute Gasteiger partial charge is 0.416 e. The Bertz CT molecular complexity index is 701. The molecule has 1 fully saturated rings. The molecule has 1 saturated heterocycles. The summed E-state index contributed by atoms with van der Waals surface area (Å²) in [7, 11) is 0. The summed E-state index contributed by atoms with van der Waals surface area (Å²) in [5.41, 5.74) is 0.171. The molecular formula is C20H27F3N2O2. The highest BCUT2D eigenvalue weighted by molar-refractivity contribution is 5.99. The number of benzene rings is 1. The molecule has 3 rings (SSSR count). The van der Waals surface area contributed by atoms with Crippen molar-refractivity contribution in [2.45, 2.75) is 65.0 Å². The van der Waals surface area contributed by atoms with Gasteiger partial charge < -0.3 is 9.64 Å². The molecule has 1 amide bonds. The first kappa shape index (κ1) is 20.1. The zero-order valence-corrected chi connectivity index (χ0v) is 16.1.